The first-order chi connectivity index (χ1) is 13.7. The van der Waals surface area contributed by atoms with E-state index in [0.717, 1.165) is 43.4 Å². The van der Waals surface area contributed by atoms with Gasteiger partial charge in [-0.1, -0.05) is 38.1 Å². The van der Waals surface area contributed by atoms with Gasteiger partial charge in [-0.15, -0.1) is 0 Å². The van der Waals surface area contributed by atoms with Gasteiger partial charge in [-0.2, -0.15) is 0 Å². The van der Waals surface area contributed by atoms with Gasteiger partial charge in [0, 0.05) is 5.41 Å². The summed E-state index contributed by atoms with van der Waals surface area (Å²) in [6, 6.07) is 0. The Kier molecular flexibility index (Phi) is 5.26. The van der Waals surface area contributed by atoms with Crippen molar-refractivity contribution in [3.63, 3.8) is 0 Å². The number of nitrogens with zero attached hydrogens (tertiary/aromatic N) is 1. The average Bonchev–Trinajstić information content (AvgIpc) is 2.95. The Bertz CT molecular complexity index is 742. The molecule has 0 bridgehead atoms. The van der Waals surface area contributed by atoms with E-state index in [0.29, 0.717) is 23.7 Å². The Morgan fingerprint density at radius 3 is 2.66 bits per heavy atom. The zero-order chi connectivity index (χ0) is 21.0. The second-order valence-electron chi connectivity index (χ2n) is 10.8. The number of oxime groups is 1. The molecule has 4 nitrogen and oxygen atoms in total. The molecule has 7 atom stereocenters. The van der Waals surface area contributed by atoms with Crippen LogP contribution in [-0.4, -0.2) is 34.7 Å². The van der Waals surface area contributed by atoms with E-state index >= 15 is 0 Å². The summed E-state index contributed by atoms with van der Waals surface area (Å²) in [5, 5.41) is 24.8. The van der Waals surface area contributed by atoms with Gasteiger partial charge in [0.1, 0.15) is 6.61 Å². The third-order valence-electron chi connectivity index (χ3n) is 9.52. The van der Waals surface area contributed by atoms with Crippen LogP contribution in [0.5, 0.6) is 0 Å². The molecule has 3 fully saturated rings. The van der Waals surface area contributed by atoms with Crippen LogP contribution in [0.2, 0.25) is 0 Å². The van der Waals surface area contributed by atoms with Crippen LogP contribution in [0.4, 0.5) is 0 Å². The minimum absolute atomic E-state index is 0.00190. The second kappa shape index (κ2) is 7.23. The predicted molar refractivity (Wildman–Crippen MR) is 116 cm³/mol. The van der Waals surface area contributed by atoms with Crippen molar-refractivity contribution in [2.45, 2.75) is 78.2 Å². The number of fused-ring (bicyclic) bond motifs is 5. The lowest BCUT2D eigenvalue weighted by molar-refractivity contribution is -0.112. The van der Waals surface area contributed by atoms with Crippen molar-refractivity contribution < 1.29 is 15.1 Å². The largest absolute Gasteiger partial charge is 0.393 e. The number of hydrogen-bond donors (Lipinski definition) is 2. The second-order valence-corrected chi connectivity index (χ2v) is 10.8. The molecule has 4 aliphatic carbocycles. The van der Waals surface area contributed by atoms with Gasteiger partial charge in [0.2, 0.25) is 0 Å². The summed E-state index contributed by atoms with van der Waals surface area (Å²) >= 11 is 0. The predicted octanol–water partition coefficient (Wildman–Crippen LogP) is 4.87. The van der Waals surface area contributed by atoms with Gasteiger partial charge < -0.3 is 15.1 Å². The molecule has 0 heterocycles. The van der Waals surface area contributed by atoms with E-state index in [2.05, 4.69) is 38.6 Å². The van der Waals surface area contributed by atoms with Crippen molar-refractivity contribution in [3.05, 3.63) is 23.8 Å². The van der Waals surface area contributed by atoms with Gasteiger partial charge in [0.25, 0.3) is 0 Å². The molecule has 4 rings (SSSR count). The van der Waals surface area contributed by atoms with E-state index in [1.807, 2.05) is 6.92 Å². The standard InChI is InChI=1S/C25H39NO3/c1-16(2)25(28)11-8-21-19-14-17(3)22-15-18(26-29-13-12-27)6-9-23(22,4)20(19)7-10-24(21,25)5/h15,17,19-21,27-28H,1,6-14H2,2-5H3/b26-18+/t17-,19+,20-,21-,23+,24-,25-/m0/s1. The molecular weight excluding hydrogens is 362 g/mol. The van der Waals surface area contributed by atoms with Gasteiger partial charge in [0.15, 0.2) is 0 Å². The molecule has 0 spiro atoms. The molecule has 0 unspecified atom stereocenters. The summed E-state index contributed by atoms with van der Waals surface area (Å²) in [4.78, 5) is 5.25. The van der Waals surface area contributed by atoms with Gasteiger partial charge in [-0.3, -0.25) is 0 Å². The lowest BCUT2D eigenvalue weighted by Gasteiger charge is -2.60. The molecule has 0 amide bonds. The zero-order valence-electron chi connectivity index (χ0n) is 18.7. The summed E-state index contributed by atoms with van der Waals surface area (Å²) < 4.78 is 0. The zero-order valence-corrected chi connectivity index (χ0v) is 18.7. The fourth-order valence-corrected chi connectivity index (χ4v) is 7.95. The molecule has 0 aromatic carbocycles. The highest BCUT2D eigenvalue weighted by Gasteiger charge is 2.64. The van der Waals surface area contributed by atoms with Crippen molar-refractivity contribution >= 4 is 5.71 Å². The number of rotatable bonds is 4. The van der Waals surface area contributed by atoms with E-state index in [9.17, 15) is 5.11 Å². The van der Waals surface area contributed by atoms with Crippen molar-refractivity contribution in [1.82, 2.24) is 0 Å². The smallest absolute Gasteiger partial charge is 0.140 e. The summed E-state index contributed by atoms with van der Waals surface area (Å²) in [6.07, 6.45) is 9.88. The Morgan fingerprint density at radius 1 is 1.24 bits per heavy atom. The highest BCUT2D eigenvalue weighted by molar-refractivity contribution is 5.96. The van der Waals surface area contributed by atoms with E-state index in [-0.39, 0.29) is 24.0 Å². The number of allylic oxidation sites excluding steroid dienone is 2. The monoisotopic (exact) mass is 401 g/mol. The van der Waals surface area contributed by atoms with Crippen LogP contribution < -0.4 is 0 Å². The highest BCUT2D eigenvalue weighted by Crippen LogP contribution is 2.69. The van der Waals surface area contributed by atoms with Crippen molar-refractivity contribution in [1.29, 1.82) is 0 Å². The van der Waals surface area contributed by atoms with E-state index in [1.54, 1.807) is 5.57 Å². The van der Waals surface area contributed by atoms with Crippen molar-refractivity contribution in [2.75, 3.05) is 13.2 Å². The first-order valence-corrected chi connectivity index (χ1v) is 11.6. The molecule has 29 heavy (non-hydrogen) atoms. The average molecular weight is 402 g/mol. The fraction of sp³-hybridized carbons (Fsp3) is 0.800. The summed E-state index contributed by atoms with van der Waals surface area (Å²) in [6.45, 7) is 13.7. The van der Waals surface area contributed by atoms with Crippen LogP contribution in [0, 0.1) is 34.5 Å². The SMILES string of the molecule is C=C(C)[C@@]1(O)CC[C@H]2[C@@H]3C[C@H](C)C4=C/C(=N/OCCO)CC[C@]4(C)[C@H]3CC[C@@]21C. The molecule has 4 heteroatoms. The van der Waals surface area contributed by atoms with Gasteiger partial charge in [0.05, 0.1) is 17.9 Å². The quantitative estimate of drug-likeness (QED) is 0.401. The lowest BCUT2D eigenvalue weighted by atomic mass is 9.44. The minimum Gasteiger partial charge on any atom is -0.393 e. The first-order valence-electron chi connectivity index (χ1n) is 11.6. The van der Waals surface area contributed by atoms with Crippen LogP contribution >= 0.6 is 0 Å². The highest BCUT2D eigenvalue weighted by atomic mass is 16.6. The van der Waals surface area contributed by atoms with Crippen LogP contribution in [-0.2, 0) is 4.84 Å². The maximum Gasteiger partial charge on any atom is 0.140 e. The Balaban J connectivity index is 1.64. The molecule has 4 aliphatic rings. The molecule has 162 valence electrons. The van der Waals surface area contributed by atoms with Crippen LogP contribution in [0.25, 0.3) is 0 Å². The molecular formula is C25H39NO3. The first kappa shape index (κ1) is 21.1. The normalized spacial score (nSPS) is 47.8. The molecule has 0 radical (unpaired) electrons. The van der Waals surface area contributed by atoms with Crippen LogP contribution in [0.15, 0.2) is 29.0 Å². The maximum atomic E-state index is 11.6. The molecule has 2 N–H and O–H groups in total. The summed E-state index contributed by atoms with van der Waals surface area (Å²) in [5.41, 5.74) is 3.03. The minimum atomic E-state index is -0.695. The lowest BCUT2D eigenvalue weighted by Crippen LogP contribution is -2.56. The topological polar surface area (TPSA) is 62.1 Å². The Labute approximate surface area is 176 Å². The van der Waals surface area contributed by atoms with Gasteiger partial charge in [-0.05, 0) is 92.6 Å². The van der Waals surface area contributed by atoms with Crippen LogP contribution in [0.3, 0.4) is 0 Å². The number of hydrogen-bond acceptors (Lipinski definition) is 4. The number of aliphatic hydroxyl groups is 2. The fourth-order valence-electron chi connectivity index (χ4n) is 7.95. The van der Waals surface area contributed by atoms with E-state index in [4.69, 9.17) is 9.94 Å². The third-order valence-corrected chi connectivity index (χ3v) is 9.52. The van der Waals surface area contributed by atoms with E-state index < -0.39 is 5.60 Å². The Hall–Kier alpha value is -1.13. The molecule has 0 saturated heterocycles. The van der Waals surface area contributed by atoms with Crippen molar-refractivity contribution in [3.8, 4) is 0 Å². The Morgan fingerprint density at radius 2 is 1.97 bits per heavy atom. The summed E-state index contributed by atoms with van der Waals surface area (Å²) in [5.74, 6) is 2.50. The molecule has 0 aromatic rings. The third kappa shape index (κ3) is 2.96. The van der Waals surface area contributed by atoms with Crippen molar-refractivity contribution in [2.24, 2.45) is 39.7 Å². The molecule has 3 saturated carbocycles. The molecule has 0 aromatic heterocycles. The number of aliphatic hydroxyl groups excluding tert-OH is 1. The van der Waals surface area contributed by atoms with Gasteiger partial charge in [-0.25, -0.2) is 0 Å². The maximum absolute atomic E-state index is 11.6. The van der Waals surface area contributed by atoms with E-state index in [1.165, 1.54) is 12.8 Å². The molecule has 0 aliphatic heterocycles. The van der Waals surface area contributed by atoms with Gasteiger partial charge >= 0.3 is 0 Å². The van der Waals surface area contributed by atoms with Crippen LogP contribution in [0.1, 0.15) is 72.6 Å². The summed E-state index contributed by atoms with van der Waals surface area (Å²) in [7, 11) is 0.